The van der Waals surface area contributed by atoms with Gasteiger partial charge in [0.05, 0.1) is 6.54 Å². The van der Waals surface area contributed by atoms with Crippen LogP contribution in [0.4, 0.5) is 0 Å². The van der Waals surface area contributed by atoms with E-state index in [0.717, 1.165) is 33.1 Å². The fourth-order valence-corrected chi connectivity index (χ4v) is 3.90. The third-order valence-electron chi connectivity index (χ3n) is 5.09. The fraction of sp³-hybridized carbons (Fsp3) is 1.00. The summed E-state index contributed by atoms with van der Waals surface area (Å²) in [5, 5.41) is 50.9. The molecule has 0 radical (unpaired) electrons. The summed E-state index contributed by atoms with van der Waals surface area (Å²) in [6.45, 7) is 3.76. The van der Waals surface area contributed by atoms with Crippen LogP contribution in [0.5, 0.6) is 0 Å². The molecule has 0 heterocycles. The highest BCUT2D eigenvalue weighted by Gasteiger charge is 2.34. The van der Waals surface area contributed by atoms with Gasteiger partial charge >= 0.3 is 0 Å². The van der Waals surface area contributed by atoms with Crippen LogP contribution in [-0.4, -0.2) is 56.3 Å². The second-order valence-electron chi connectivity index (χ2n) is 9.13. The van der Waals surface area contributed by atoms with Crippen LogP contribution in [0.25, 0.3) is 0 Å². The molecule has 170 valence electrons. The number of nitrogens with zero attached hydrogens (tertiary/aromatic N) is 1. The highest BCUT2D eigenvalue weighted by molar-refractivity contribution is 4.63. The first-order valence-corrected chi connectivity index (χ1v) is 11.4. The second kappa shape index (κ2) is 14.7. The van der Waals surface area contributed by atoms with Crippen molar-refractivity contribution in [1.29, 1.82) is 0 Å². The lowest BCUT2D eigenvalue weighted by atomic mass is 10.0. The number of rotatable bonds is 19. The molecule has 0 saturated carbocycles. The van der Waals surface area contributed by atoms with Crippen molar-refractivity contribution in [2.24, 2.45) is 0 Å². The van der Waals surface area contributed by atoms with Gasteiger partial charge in [-0.2, -0.15) is 0 Å². The fourth-order valence-electron chi connectivity index (χ4n) is 3.90. The Morgan fingerprint density at radius 2 is 0.857 bits per heavy atom. The highest BCUT2D eigenvalue weighted by atomic mass is 16.6. The van der Waals surface area contributed by atoms with Crippen molar-refractivity contribution < 1.29 is 25.1 Å². The summed E-state index contributed by atoms with van der Waals surface area (Å²) in [7, 11) is 0. The number of hydrogen-bond acceptors (Lipinski definition) is 5. The molecule has 0 aromatic heterocycles. The van der Waals surface area contributed by atoms with Crippen LogP contribution in [-0.2, 0) is 0 Å². The van der Waals surface area contributed by atoms with Gasteiger partial charge in [-0.25, -0.2) is 0 Å². The number of unbranched alkanes of at least 4 members (excludes halogenated alkanes) is 13. The summed E-state index contributed by atoms with van der Waals surface area (Å²) in [5.74, 6) is -4.24. The number of quaternary nitrogens is 1. The molecule has 4 N–H and O–H groups in total. The molecule has 28 heavy (non-hydrogen) atoms. The monoisotopic (exact) mass is 405 g/mol. The van der Waals surface area contributed by atoms with E-state index in [4.69, 9.17) is 0 Å². The number of hydrogen-bond donors (Lipinski definition) is 4. The van der Waals surface area contributed by atoms with E-state index in [-0.39, 0.29) is 6.54 Å². The Bertz CT molecular complexity index is 347. The summed E-state index contributed by atoms with van der Waals surface area (Å²) in [5.41, 5.74) is 0. The maximum Gasteiger partial charge on any atom is 0.211 e. The van der Waals surface area contributed by atoms with Crippen molar-refractivity contribution in [3.8, 4) is 0 Å². The summed E-state index contributed by atoms with van der Waals surface area (Å²) in [6.07, 6.45) is 17.1. The van der Waals surface area contributed by atoms with Gasteiger partial charge in [0.15, 0.2) is 0 Å². The van der Waals surface area contributed by atoms with Gasteiger partial charge in [0.25, 0.3) is 0 Å². The van der Waals surface area contributed by atoms with Crippen LogP contribution in [0, 0.1) is 5.21 Å². The SMILES string of the molecule is CCCCCCCCCCCCCCCC[N+]([O-])(CC(C)(O)O)CC(C)(O)O. The molecule has 0 atom stereocenters. The number of hydroxylamine groups is 3. The molecule has 0 spiro atoms. The number of aliphatic hydroxyl groups is 4. The predicted molar refractivity (Wildman–Crippen MR) is 114 cm³/mol. The molecule has 0 aromatic rings. The molecule has 0 saturated heterocycles. The molecule has 0 unspecified atom stereocenters. The maximum atomic E-state index is 12.7. The van der Waals surface area contributed by atoms with E-state index in [1.54, 1.807) is 0 Å². The zero-order valence-electron chi connectivity index (χ0n) is 18.7. The van der Waals surface area contributed by atoms with Gasteiger partial charge in [-0.15, -0.1) is 0 Å². The normalized spacial score (nSPS) is 13.3. The summed E-state index contributed by atoms with van der Waals surface area (Å²) in [4.78, 5) is 0. The third kappa shape index (κ3) is 19.1. The lowest BCUT2D eigenvalue weighted by Crippen LogP contribution is -2.58. The first-order valence-electron chi connectivity index (χ1n) is 11.4. The Morgan fingerprint density at radius 3 is 1.14 bits per heavy atom. The zero-order valence-corrected chi connectivity index (χ0v) is 18.7. The average Bonchev–Trinajstić information content (AvgIpc) is 2.51. The molecule has 6 heteroatoms. The molecule has 0 amide bonds. The van der Waals surface area contributed by atoms with Gasteiger partial charge in [0.1, 0.15) is 13.1 Å². The second-order valence-corrected chi connectivity index (χ2v) is 9.13. The Labute approximate surface area is 172 Å². The van der Waals surface area contributed by atoms with Crippen LogP contribution in [0.2, 0.25) is 0 Å². The van der Waals surface area contributed by atoms with Gasteiger partial charge in [0.2, 0.25) is 11.6 Å². The van der Waals surface area contributed by atoms with E-state index in [1.807, 2.05) is 0 Å². The Balaban J connectivity index is 3.75. The lowest BCUT2D eigenvalue weighted by molar-refractivity contribution is -0.900. The molecule has 0 aromatic carbocycles. The Kier molecular flexibility index (Phi) is 14.6. The summed E-state index contributed by atoms with van der Waals surface area (Å²) in [6, 6.07) is 0. The van der Waals surface area contributed by atoms with E-state index >= 15 is 0 Å². The van der Waals surface area contributed by atoms with Crippen molar-refractivity contribution in [1.82, 2.24) is 0 Å². The Hall–Kier alpha value is -0.240. The first kappa shape index (κ1) is 27.8. The zero-order chi connectivity index (χ0) is 21.5. The van der Waals surface area contributed by atoms with Gasteiger partial charge in [-0.05, 0) is 26.7 Å². The molecule has 6 nitrogen and oxygen atoms in total. The molecule has 0 aliphatic carbocycles. The molecular weight excluding hydrogens is 358 g/mol. The smallest absolute Gasteiger partial charge is 0.211 e. The van der Waals surface area contributed by atoms with Gasteiger partial charge < -0.3 is 30.3 Å². The molecule has 0 bridgehead atoms. The van der Waals surface area contributed by atoms with Gasteiger partial charge in [-0.3, -0.25) is 0 Å². The lowest BCUT2D eigenvalue weighted by Gasteiger charge is -2.47. The molecule has 0 fully saturated rings. The van der Waals surface area contributed by atoms with Crippen LogP contribution < -0.4 is 0 Å². The van der Waals surface area contributed by atoms with Crippen molar-refractivity contribution >= 4 is 0 Å². The van der Waals surface area contributed by atoms with Crippen molar-refractivity contribution in [2.45, 2.75) is 122 Å². The topological polar surface area (TPSA) is 104 Å². The molecule has 0 aliphatic rings. The molecule has 0 rings (SSSR count). The van der Waals surface area contributed by atoms with E-state index in [2.05, 4.69) is 6.92 Å². The van der Waals surface area contributed by atoms with Gasteiger partial charge in [0, 0.05) is 0 Å². The van der Waals surface area contributed by atoms with Crippen LogP contribution in [0.15, 0.2) is 0 Å². The minimum atomic E-state index is -2.12. The summed E-state index contributed by atoms with van der Waals surface area (Å²) >= 11 is 0. The van der Waals surface area contributed by atoms with E-state index in [0.29, 0.717) is 6.42 Å². The highest BCUT2D eigenvalue weighted by Crippen LogP contribution is 2.19. The van der Waals surface area contributed by atoms with E-state index < -0.39 is 29.3 Å². The van der Waals surface area contributed by atoms with Crippen LogP contribution in [0.1, 0.15) is 111 Å². The minimum absolute atomic E-state index is 0.158. The predicted octanol–water partition coefficient (Wildman–Crippen LogP) is 4.18. The van der Waals surface area contributed by atoms with Crippen LogP contribution in [0.3, 0.4) is 0 Å². The average molecular weight is 406 g/mol. The molecule has 0 aliphatic heterocycles. The minimum Gasteiger partial charge on any atom is -0.633 e. The first-order chi connectivity index (χ1) is 13.0. The largest absolute Gasteiger partial charge is 0.633 e. The van der Waals surface area contributed by atoms with Crippen molar-refractivity contribution in [2.75, 3.05) is 19.6 Å². The quantitative estimate of drug-likeness (QED) is 0.112. The summed E-state index contributed by atoms with van der Waals surface area (Å²) < 4.78 is -1.01. The maximum absolute atomic E-state index is 12.7. The van der Waals surface area contributed by atoms with E-state index in [1.165, 1.54) is 64.2 Å². The molecular formula is C22H47NO5. The van der Waals surface area contributed by atoms with E-state index in [9.17, 15) is 25.6 Å². The van der Waals surface area contributed by atoms with Gasteiger partial charge in [-0.1, -0.05) is 84.0 Å². The standard InChI is InChI=1S/C22H47NO5/c1-4-5-6-7-8-9-10-11-12-13-14-15-16-17-18-23(28,19-21(2,24)25)20-22(3,26)27/h24-27H,4-20H2,1-3H3. The van der Waals surface area contributed by atoms with Crippen molar-refractivity contribution in [3.05, 3.63) is 5.21 Å². The third-order valence-corrected chi connectivity index (χ3v) is 5.09. The van der Waals surface area contributed by atoms with Crippen molar-refractivity contribution in [3.63, 3.8) is 0 Å². The Morgan fingerprint density at radius 1 is 0.571 bits per heavy atom. The van der Waals surface area contributed by atoms with Crippen LogP contribution >= 0.6 is 0 Å².